The van der Waals surface area contributed by atoms with Crippen LogP contribution in [0.1, 0.15) is 22.8 Å². The van der Waals surface area contributed by atoms with Gasteiger partial charge in [0.2, 0.25) is 0 Å². The number of amides is 1. The zero-order chi connectivity index (χ0) is 18.4. The Kier molecular flexibility index (Phi) is 6.28. The number of carbonyl (C=O) groups is 1. The smallest absolute Gasteiger partial charge is 0.254 e. The molecule has 0 aliphatic carbocycles. The van der Waals surface area contributed by atoms with Crippen LogP contribution < -0.4 is 14.4 Å². The molecule has 5 nitrogen and oxygen atoms in total. The van der Waals surface area contributed by atoms with E-state index in [0.29, 0.717) is 30.2 Å². The Bertz CT molecular complexity index is 729. The fourth-order valence-electron chi connectivity index (χ4n) is 2.63. The standard InChI is InChI=1S/C20H26N2O3/c1-6-22(14-15-10-11-18(24-4)19(12-15)25-5)20(23)16-8-7-9-17(13-16)21(2)3/h7-13H,6,14H2,1-5H3. The number of nitrogens with zero attached hydrogens (tertiary/aromatic N) is 2. The van der Waals surface area contributed by atoms with Crippen molar-refractivity contribution in [1.29, 1.82) is 0 Å². The molecule has 0 bridgehead atoms. The summed E-state index contributed by atoms with van der Waals surface area (Å²) in [5.41, 5.74) is 2.69. The highest BCUT2D eigenvalue weighted by Gasteiger charge is 2.16. The molecule has 1 amide bonds. The van der Waals surface area contributed by atoms with Crippen molar-refractivity contribution in [1.82, 2.24) is 4.90 Å². The third-order valence-electron chi connectivity index (χ3n) is 4.10. The van der Waals surface area contributed by atoms with Gasteiger partial charge in [-0.2, -0.15) is 0 Å². The van der Waals surface area contributed by atoms with Gasteiger partial charge in [-0.25, -0.2) is 0 Å². The highest BCUT2D eigenvalue weighted by molar-refractivity contribution is 5.95. The van der Waals surface area contributed by atoms with Crippen molar-refractivity contribution in [3.05, 3.63) is 53.6 Å². The molecule has 2 aromatic carbocycles. The summed E-state index contributed by atoms with van der Waals surface area (Å²) in [7, 11) is 7.14. The molecule has 0 spiro atoms. The molecule has 0 aromatic heterocycles. The van der Waals surface area contributed by atoms with Gasteiger partial charge in [-0.1, -0.05) is 12.1 Å². The van der Waals surface area contributed by atoms with E-state index < -0.39 is 0 Å². The Balaban J connectivity index is 2.22. The molecule has 0 saturated carbocycles. The van der Waals surface area contributed by atoms with Crippen LogP contribution in [0.3, 0.4) is 0 Å². The van der Waals surface area contributed by atoms with Crippen LogP contribution in [0.4, 0.5) is 5.69 Å². The first kappa shape index (κ1) is 18.6. The van der Waals surface area contributed by atoms with Crippen LogP contribution in [0.15, 0.2) is 42.5 Å². The summed E-state index contributed by atoms with van der Waals surface area (Å²) >= 11 is 0. The van der Waals surface area contributed by atoms with Crippen LogP contribution in [-0.4, -0.2) is 45.7 Å². The SMILES string of the molecule is CCN(Cc1ccc(OC)c(OC)c1)C(=O)c1cccc(N(C)C)c1. The Morgan fingerprint density at radius 1 is 1.00 bits per heavy atom. The quantitative estimate of drug-likeness (QED) is 0.773. The highest BCUT2D eigenvalue weighted by Crippen LogP contribution is 2.28. The molecule has 2 aromatic rings. The average Bonchev–Trinajstić information content (AvgIpc) is 2.65. The van der Waals surface area contributed by atoms with Gasteiger partial charge in [0.05, 0.1) is 14.2 Å². The van der Waals surface area contributed by atoms with Crippen molar-refractivity contribution in [2.45, 2.75) is 13.5 Å². The minimum atomic E-state index is 0.0148. The molecule has 0 aliphatic rings. The van der Waals surface area contributed by atoms with Crippen molar-refractivity contribution in [3.8, 4) is 11.5 Å². The maximum atomic E-state index is 12.9. The van der Waals surface area contributed by atoms with E-state index in [1.54, 1.807) is 14.2 Å². The molecule has 0 unspecified atom stereocenters. The lowest BCUT2D eigenvalue weighted by Crippen LogP contribution is -2.30. The van der Waals surface area contributed by atoms with E-state index >= 15 is 0 Å². The number of anilines is 1. The molecule has 0 atom stereocenters. The van der Waals surface area contributed by atoms with E-state index in [-0.39, 0.29) is 5.91 Å². The fourth-order valence-corrected chi connectivity index (χ4v) is 2.63. The first-order chi connectivity index (χ1) is 12.0. The maximum Gasteiger partial charge on any atom is 0.254 e. The number of methoxy groups -OCH3 is 2. The van der Waals surface area contributed by atoms with Crippen molar-refractivity contribution in [2.75, 3.05) is 39.8 Å². The molecule has 5 heteroatoms. The number of benzene rings is 2. The summed E-state index contributed by atoms with van der Waals surface area (Å²) in [6, 6.07) is 13.4. The van der Waals surface area contributed by atoms with Gasteiger partial charge in [-0.05, 0) is 42.8 Å². The average molecular weight is 342 g/mol. The second-order valence-corrected chi connectivity index (χ2v) is 5.95. The van der Waals surface area contributed by atoms with E-state index in [4.69, 9.17) is 9.47 Å². The number of rotatable bonds is 7. The number of hydrogen-bond acceptors (Lipinski definition) is 4. The van der Waals surface area contributed by atoms with Crippen LogP contribution >= 0.6 is 0 Å². The normalized spacial score (nSPS) is 10.3. The molecule has 25 heavy (non-hydrogen) atoms. The van der Waals surface area contributed by atoms with Crippen LogP contribution in [0.2, 0.25) is 0 Å². The van der Waals surface area contributed by atoms with Gasteiger partial charge >= 0.3 is 0 Å². The third kappa shape index (κ3) is 4.44. The van der Waals surface area contributed by atoms with Crippen LogP contribution in [0.5, 0.6) is 11.5 Å². The Morgan fingerprint density at radius 3 is 2.32 bits per heavy atom. The molecular weight excluding hydrogens is 316 g/mol. The largest absolute Gasteiger partial charge is 0.493 e. The lowest BCUT2D eigenvalue weighted by molar-refractivity contribution is 0.0752. The van der Waals surface area contributed by atoms with Gasteiger partial charge in [0, 0.05) is 38.4 Å². The van der Waals surface area contributed by atoms with Gasteiger partial charge in [0.15, 0.2) is 11.5 Å². The summed E-state index contributed by atoms with van der Waals surface area (Å²) in [4.78, 5) is 16.7. The summed E-state index contributed by atoms with van der Waals surface area (Å²) in [6.07, 6.45) is 0. The molecule has 2 rings (SSSR count). The van der Waals surface area contributed by atoms with Gasteiger partial charge in [0.1, 0.15) is 0 Å². The van der Waals surface area contributed by atoms with Crippen molar-refractivity contribution in [3.63, 3.8) is 0 Å². The first-order valence-electron chi connectivity index (χ1n) is 8.27. The minimum Gasteiger partial charge on any atom is -0.493 e. The monoisotopic (exact) mass is 342 g/mol. The van der Waals surface area contributed by atoms with Crippen molar-refractivity contribution < 1.29 is 14.3 Å². The van der Waals surface area contributed by atoms with Gasteiger partial charge < -0.3 is 19.3 Å². The molecule has 0 fully saturated rings. The molecule has 0 N–H and O–H groups in total. The fraction of sp³-hybridized carbons (Fsp3) is 0.350. The zero-order valence-corrected chi connectivity index (χ0v) is 15.6. The second-order valence-electron chi connectivity index (χ2n) is 5.95. The molecule has 134 valence electrons. The molecule has 0 saturated heterocycles. The highest BCUT2D eigenvalue weighted by atomic mass is 16.5. The van der Waals surface area contributed by atoms with Crippen molar-refractivity contribution >= 4 is 11.6 Å². The molecule has 0 aliphatic heterocycles. The topological polar surface area (TPSA) is 42.0 Å². The van der Waals surface area contributed by atoms with E-state index in [1.807, 2.05) is 73.3 Å². The lowest BCUT2D eigenvalue weighted by atomic mass is 10.1. The van der Waals surface area contributed by atoms with E-state index in [9.17, 15) is 4.79 Å². The van der Waals surface area contributed by atoms with Crippen molar-refractivity contribution in [2.24, 2.45) is 0 Å². The third-order valence-corrected chi connectivity index (χ3v) is 4.10. The van der Waals surface area contributed by atoms with Crippen LogP contribution in [0.25, 0.3) is 0 Å². The van der Waals surface area contributed by atoms with Gasteiger partial charge in [-0.3, -0.25) is 4.79 Å². The summed E-state index contributed by atoms with van der Waals surface area (Å²) in [5, 5.41) is 0. The zero-order valence-electron chi connectivity index (χ0n) is 15.6. The van der Waals surface area contributed by atoms with E-state index in [2.05, 4.69) is 0 Å². The molecule has 0 heterocycles. The Morgan fingerprint density at radius 2 is 1.72 bits per heavy atom. The Hall–Kier alpha value is -2.69. The summed E-state index contributed by atoms with van der Waals surface area (Å²) in [5.74, 6) is 1.36. The number of hydrogen-bond donors (Lipinski definition) is 0. The summed E-state index contributed by atoms with van der Waals surface area (Å²) in [6.45, 7) is 3.12. The predicted molar refractivity (Wildman–Crippen MR) is 101 cm³/mol. The maximum absolute atomic E-state index is 12.9. The van der Waals surface area contributed by atoms with Crippen LogP contribution in [-0.2, 0) is 6.54 Å². The van der Waals surface area contributed by atoms with E-state index in [1.165, 1.54) is 0 Å². The predicted octanol–water partition coefficient (Wildman–Crippen LogP) is 3.43. The minimum absolute atomic E-state index is 0.0148. The van der Waals surface area contributed by atoms with E-state index in [0.717, 1.165) is 11.3 Å². The second kappa shape index (κ2) is 8.42. The first-order valence-corrected chi connectivity index (χ1v) is 8.27. The van der Waals surface area contributed by atoms with Gasteiger partial charge in [-0.15, -0.1) is 0 Å². The number of ether oxygens (including phenoxy) is 2. The van der Waals surface area contributed by atoms with Crippen LogP contribution in [0, 0.1) is 0 Å². The Labute approximate surface area is 149 Å². The molecular formula is C20H26N2O3. The number of carbonyl (C=O) groups excluding carboxylic acids is 1. The lowest BCUT2D eigenvalue weighted by Gasteiger charge is -2.22. The molecule has 0 radical (unpaired) electrons. The summed E-state index contributed by atoms with van der Waals surface area (Å²) < 4.78 is 10.6. The van der Waals surface area contributed by atoms with Gasteiger partial charge in [0.25, 0.3) is 5.91 Å².